The van der Waals surface area contributed by atoms with Gasteiger partial charge in [0.25, 0.3) is 0 Å². The quantitative estimate of drug-likeness (QED) is 0.573. The molecule has 3 rings (SSSR count). The van der Waals surface area contributed by atoms with Crippen molar-refractivity contribution >= 4 is 28.4 Å². The van der Waals surface area contributed by atoms with E-state index in [9.17, 15) is 9.59 Å². The van der Waals surface area contributed by atoms with Crippen molar-refractivity contribution in [2.45, 2.75) is 19.4 Å². The van der Waals surface area contributed by atoms with Crippen LogP contribution in [0.3, 0.4) is 0 Å². The molecule has 0 radical (unpaired) electrons. The van der Waals surface area contributed by atoms with Gasteiger partial charge in [0.1, 0.15) is 11.0 Å². The lowest BCUT2D eigenvalue weighted by atomic mass is 10.1. The molecule has 0 saturated heterocycles. The summed E-state index contributed by atoms with van der Waals surface area (Å²) in [5, 5.41) is 17.4. The molecular formula is C20H21N5O2S. The predicted molar refractivity (Wildman–Crippen MR) is 110 cm³/mol. The van der Waals surface area contributed by atoms with Gasteiger partial charge in [-0.25, -0.2) is 4.79 Å². The van der Waals surface area contributed by atoms with Gasteiger partial charge in [0.2, 0.25) is 11.0 Å². The van der Waals surface area contributed by atoms with Gasteiger partial charge in [-0.2, -0.15) is 0 Å². The highest BCUT2D eigenvalue weighted by Crippen LogP contribution is 2.26. The van der Waals surface area contributed by atoms with Crippen LogP contribution in [-0.4, -0.2) is 34.7 Å². The van der Waals surface area contributed by atoms with Crippen LogP contribution in [0.4, 0.5) is 9.93 Å². The van der Waals surface area contributed by atoms with E-state index in [0.29, 0.717) is 23.1 Å². The maximum Gasteiger partial charge on any atom is 0.315 e. The first-order valence-electron chi connectivity index (χ1n) is 8.93. The minimum Gasteiger partial charge on any atom is -0.338 e. The van der Waals surface area contributed by atoms with Gasteiger partial charge < -0.3 is 10.6 Å². The fourth-order valence-corrected chi connectivity index (χ4v) is 3.34. The van der Waals surface area contributed by atoms with Crippen LogP contribution in [0.15, 0.2) is 60.7 Å². The Balaban J connectivity index is 1.71. The fraction of sp³-hybridized carbons (Fsp3) is 0.200. The largest absolute Gasteiger partial charge is 0.338 e. The summed E-state index contributed by atoms with van der Waals surface area (Å²) in [6.07, 6.45) is 0.369. The minimum absolute atomic E-state index is 0.342. The standard InChI is InChI=1S/C20H21N5O2S/c1-2-21-19(27)22-16(13-14-9-5-3-6-10-14)17(26)23-20-25-24-18(28-20)15-11-7-4-8-12-15/h3-12,16H,2,13H2,1H3,(H2,21,22,27)(H,23,25,26). The zero-order valence-electron chi connectivity index (χ0n) is 15.4. The van der Waals surface area contributed by atoms with Crippen LogP contribution in [-0.2, 0) is 11.2 Å². The lowest BCUT2D eigenvalue weighted by Crippen LogP contribution is -2.49. The van der Waals surface area contributed by atoms with Crippen LogP contribution in [0.2, 0.25) is 0 Å². The van der Waals surface area contributed by atoms with E-state index in [0.717, 1.165) is 11.1 Å². The Morgan fingerprint density at radius 2 is 1.68 bits per heavy atom. The van der Waals surface area contributed by atoms with E-state index in [1.807, 2.05) is 67.6 Å². The third kappa shape index (κ3) is 5.37. The summed E-state index contributed by atoms with van der Waals surface area (Å²) < 4.78 is 0. The lowest BCUT2D eigenvalue weighted by molar-refractivity contribution is -0.117. The van der Waals surface area contributed by atoms with Gasteiger partial charge in [0.05, 0.1) is 0 Å². The Bertz CT molecular complexity index is 915. The molecule has 0 saturated carbocycles. The molecule has 28 heavy (non-hydrogen) atoms. The molecule has 0 fully saturated rings. The van der Waals surface area contributed by atoms with E-state index in [4.69, 9.17) is 0 Å². The Labute approximate surface area is 167 Å². The van der Waals surface area contributed by atoms with Crippen molar-refractivity contribution in [1.82, 2.24) is 20.8 Å². The second-order valence-corrected chi connectivity index (χ2v) is 6.99. The molecular weight excluding hydrogens is 374 g/mol. The summed E-state index contributed by atoms with van der Waals surface area (Å²) in [5.41, 5.74) is 1.88. The van der Waals surface area contributed by atoms with E-state index in [1.54, 1.807) is 0 Å². The van der Waals surface area contributed by atoms with Crippen molar-refractivity contribution < 1.29 is 9.59 Å². The number of hydrogen-bond acceptors (Lipinski definition) is 5. The number of carbonyl (C=O) groups is 2. The monoisotopic (exact) mass is 395 g/mol. The number of nitrogens with one attached hydrogen (secondary N) is 3. The zero-order valence-corrected chi connectivity index (χ0v) is 16.2. The Morgan fingerprint density at radius 1 is 1.00 bits per heavy atom. The number of anilines is 1. The SMILES string of the molecule is CCNC(=O)NC(Cc1ccccc1)C(=O)Nc1nnc(-c2ccccc2)s1. The second kappa shape index (κ2) is 9.61. The van der Waals surface area contributed by atoms with Crippen molar-refractivity contribution in [2.75, 3.05) is 11.9 Å². The molecule has 144 valence electrons. The summed E-state index contributed by atoms with van der Waals surface area (Å²) in [6.45, 7) is 2.29. The van der Waals surface area contributed by atoms with Gasteiger partial charge in [-0.15, -0.1) is 10.2 Å². The van der Waals surface area contributed by atoms with Gasteiger partial charge in [-0.05, 0) is 12.5 Å². The van der Waals surface area contributed by atoms with Crippen LogP contribution in [0.1, 0.15) is 12.5 Å². The molecule has 3 aromatic rings. The highest BCUT2D eigenvalue weighted by Gasteiger charge is 2.22. The molecule has 0 aliphatic heterocycles. The molecule has 1 unspecified atom stereocenters. The third-order valence-corrected chi connectivity index (χ3v) is 4.81. The lowest BCUT2D eigenvalue weighted by Gasteiger charge is -2.18. The average molecular weight is 395 g/mol. The molecule has 0 bridgehead atoms. The number of benzene rings is 2. The Kier molecular flexibility index (Phi) is 6.69. The van der Waals surface area contributed by atoms with Crippen molar-refractivity contribution in [1.29, 1.82) is 0 Å². The summed E-state index contributed by atoms with van der Waals surface area (Å²) in [5.74, 6) is -0.342. The van der Waals surface area contributed by atoms with Crippen molar-refractivity contribution in [3.63, 3.8) is 0 Å². The molecule has 0 spiro atoms. The summed E-state index contributed by atoms with van der Waals surface area (Å²) in [4.78, 5) is 24.7. The predicted octanol–water partition coefficient (Wildman–Crippen LogP) is 3.07. The smallest absolute Gasteiger partial charge is 0.315 e. The van der Waals surface area contributed by atoms with Crippen molar-refractivity contribution in [2.24, 2.45) is 0 Å². The van der Waals surface area contributed by atoms with E-state index >= 15 is 0 Å². The molecule has 3 amide bonds. The van der Waals surface area contributed by atoms with Crippen LogP contribution in [0.5, 0.6) is 0 Å². The average Bonchev–Trinajstić information content (AvgIpc) is 3.17. The Hall–Kier alpha value is -3.26. The van der Waals surface area contributed by atoms with E-state index in [1.165, 1.54) is 11.3 Å². The van der Waals surface area contributed by atoms with Gasteiger partial charge >= 0.3 is 6.03 Å². The van der Waals surface area contributed by atoms with Crippen LogP contribution in [0, 0.1) is 0 Å². The number of carbonyl (C=O) groups excluding carboxylic acids is 2. The van der Waals surface area contributed by atoms with Crippen LogP contribution >= 0.6 is 11.3 Å². The summed E-state index contributed by atoms with van der Waals surface area (Å²) >= 11 is 1.28. The molecule has 1 atom stereocenters. The number of hydrogen-bond donors (Lipinski definition) is 3. The molecule has 0 aliphatic rings. The normalized spacial score (nSPS) is 11.5. The highest BCUT2D eigenvalue weighted by atomic mass is 32.1. The number of nitrogens with zero attached hydrogens (tertiary/aromatic N) is 2. The molecule has 3 N–H and O–H groups in total. The zero-order chi connectivity index (χ0) is 19.8. The van der Waals surface area contributed by atoms with Crippen LogP contribution < -0.4 is 16.0 Å². The molecule has 8 heteroatoms. The molecule has 1 heterocycles. The van der Waals surface area contributed by atoms with E-state index < -0.39 is 6.04 Å². The van der Waals surface area contributed by atoms with Gasteiger partial charge in [0.15, 0.2) is 0 Å². The third-order valence-electron chi connectivity index (χ3n) is 3.92. The van der Waals surface area contributed by atoms with Gasteiger partial charge in [-0.1, -0.05) is 72.0 Å². The first-order chi connectivity index (χ1) is 13.7. The second-order valence-electron chi connectivity index (χ2n) is 6.01. The summed E-state index contributed by atoms with van der Waals surface area (Å²) in [7, 11) is 0. The summed E-state index contributed by atoms with van der Waals surface area (Å²) in [6, 6.07) is 18.0. The minimum atomic E-state index is -0.738. The highest BCUT2D eigenvalue weighted by molar-refractivity contribution is 7.18. The first kappa shape index (κ1) is 19.5. The van der Waals surface area contributed by atoms with Crippen LogP contribution in [0.25, 0.3) is 10.6 Å². The first-order valence-corrected chi connectivity index (χ1v) is 9.75. The number of aromatic nitrogens is 2. The molecule has 7 nitrogen and oxygen atoms in total. The maximum absolute atomic E-state index is 12.8. The molecule has 1 aromatic heterocycles. The maximum atomic E-state index is 12.8. The Morgan fingerprint density at radius 3 is 2.36 bits per heavy atom. The number of rotatable bonds is 7. The number of urea groups is 1. The molecule has 2 aromatic carbocycles. The number of amides is 3. The van der Waals surface area contributed by atoms with Crippen molar-refractivity contribution in [3.05, 3.63) is 66.2 Å². The van der Waals surface area contributed by atoms with E-state index in [-0.39, 0.29) is 11.9 Å². The fourth-order valence-electron chi connectivity index (χ4n) is 2.59. The molecule has 0 aliphatic carbocycles. The van der Waals surface area contributed by atoms with Crippen molar-refractivity contribution in [3.8, 4) is 10.6 Å². The topological polar surface area (TPSA) is 96.0 Å². The van der Waals surface area contributed by atoms with E-state index in [2.05, 4.69) is 26.1 Å². The van der Waals surface area contributed by atoms with Gasteiger partial charge in [0, 0.05) is 18.5 Å². The van der Waals surface area contributed by atoms with Gasteiger partial charge in [-0.3, -0.25) is 10.1 Å².